The quantitative estimate of drug-likeness (QED) is 0.748. The van der Waals surface area contributed by atoms with Crippen molar-refractivity contribution in [2.24, 2.45) is 7.05 Å². The van der Waals surface area contributed by atoms with E-state index in [0.717, 1.165) is 0 Å². The van der Waals surface area contributed by atoms with E-state index in [-0.39, 0.29) is 18.4 Å². The second-order valence-corrected chi connectivity index (χ2v) is 5.38. The molecule has 1 aliphatic heterocycles. The predicted octanol–water partition coefficient (Wildman–Crippen LogP) is -0.261. The van der Waals surface area contributed by atoms with Crippen molar-refractivity contribution in [3.05, 3.63) is 18.0 Å². The Balaban J connectivity index is 2.14. The summed E-state index contributed by atoms with van der Waals surface area (Å²) >= 11 is 0. The van der Waals surface area contributed by atoms with Crippen LogP contribution in [-0.2, 0) is 16.6 Å². The topological polar surface area (TPSA) is 67.7 Å². The molecule has 2 rings (SSSR count). The first-order valence-corrected chi connectivity index (χ1v) is 6.48. The molecule has 0 N–H and O–H groups in total. The summed E-state index contributed by atoms with van der Waals surface area (Å²) in [6, 6.07) is 1.67. The van der Waals surface area contributed by atoms with Crippen molar-refractivity contribution in [3.8, 4) is 0 Å². The number of morpholine rings is 1. The highest BCUT2D eigenvalue weighted by Gasteiger charge is 2.42. The average Bonchev–Trinajstić information content (AvgIpc) is 2.83. The molecule has 0 aromatic carbocycles. The summed E-state index contributed by atoms with van der Waals surface area (Å²) < 4.78 is 7.18. The first-order chi connectivity index (χ1) is 9.33. The van der Waals surface area contributed by atoms with Gasteiger partial charge in [0.05, 0.1) is 13.2 Å². The van der Waals surface area contributed by atoms with Crippen molar-refractivity contribution in [3.63, 3.8) is 0 Å². The summed E-state index contributed by atoms with van der Waals surface area (Å²) in [7, 11) is 5.11. The van der Waals surface area contributed by atoms with Crippen LogP contribution in [0.2, 0.25) is 0 Å². The number of carbonyl (C=O) groups is 2. The number of aryl methyl sites for hydroxylation is 1. The third kappa shape index (κ3) is 2.67. The smallest absolute Gasteiger partial charge is 0.274 e. The summed E-state index contributed by atoms with van der Waals surface area (Å²) in [6.07, 6.45) is 1.72. The lowest BCUT2D eigenvalue weighted by Crippen LogP contribution is -2.59. The number of hydrogen-bond acceptors (Lipinski definition) is 4. The van der Waals surface area contributed by atoms with E-state index in [2.05, 4.69) is 5.10 Å². The first kappa shape index (κ1) is 14.5. The molecule has 1 fully saturated rings. The zero-order valence-electron chi connectivity index (χ0n) is 12.3. The molecular formula is C13H20N4O3. The standard InChI is InChI=1S/C13H20N4O3/c1-13(12(19)15(2)3)9-17(7-8-20-13)11(18)10-5-6-16(4)14-10/h5-6H,7-9H2,1-4H3/t13-/m0/s1. The number of likely N-dealkylation sites (N-methyl/N-ethyl adjacent to an activating group) is 1. The summed E-state index contributed by atoms with van der Waals surface area (Å²) in [5.41, 5.74) is -0.610. The second kappa shape index (κ2) is 5.24. The number of amides is 2. The van der Waals surface area contributed by atoms with Gasteiger partial charge in [-0.15, -0.1) is 0 Å². The van der Waals surface area contributed by atoms with E-state index in [4.69, 9.17) is 4.74 Å². The number of hydrogen-bond donors (Lipinski definition) is 0. The number of rotatable bonds is 2. The molecule has 2 heterocycles. The highest BCUT2D eigenvalue weighted by atomic mass is 16.5. The Hall–Kier alpha value is -1.89. The van der Waals surface area contributed by atoms with Crippen LogP contribution in [0.25, 0.3) is 0 Å². The third-order valence-corrected chi connectivity index (χ3v) is 3.35. The predicted molar refractivity (Wildman–Crippen MR) is 72.2 cm³/mol. The van der Waals surface area contributed by atoms with Crippen LogP contribution in [0.1, 0.15) is 17.4 Å². The molecule has 7 heteroatoms. The fraction of sp³-hybridized carbons (Fsp3) is 0.615. The van der Waals surface area contributed by atoms with Gasteiger partial charge in [-0.05, 0) is 13.0 Å². The number of ether oxygens (including phenoxy) is 1. The van der Waals surface area contributed by atoms with E-state index < -0.39 is 5.60 Å². The van der Waals surface area contributed by atoms with Crippen molar-refractivity contribution >= 4 is 11.8 Å². The molecule has 1 aliphatic rings. The largest absolute Gasteiger partial charge is 0.362 e. The van der Waals surface area contributed by atoms with Crippen LogP contribution in [0.4, 0.5) is 0 Å². The lowest BCUT2D eigenvalue weighted by atomic mass is 10.0. The second-order valence-electron chi connectivity index (χ2n) is 5.38. The summed E-state index contributed by atoms with van der Waals surface area (Å²) in [5.74, 6) is -0.317. The lowest BCUT2D eigenvalue weighted by molar-refractivity contribution is -0.162. The van der Waals surface area contributed by atoms with E-state index >= 15 is 0 Å². The Labute approximate surface area is 118 Å². The molecule has 1 aromatic heterocycles. The monoisotopic (exact) mass is 280 g/mol. The summed E-state index contributed by atoms with van der Waals surface area (Å²) in [4.78, 5) is 27.6. The van der Waals surface area contributed by atoms with Gasteiger partial charge < -0.3 is 14.5 Å². The molecule has 1 atom stereocenters. The highest BCUT2D eigenvalue weighted by molar-refractivity contribution is 5.93. The van der Waals surface area contributed by atoms with Gasteiger partial charge in [0.1, 0.15) is 5.69 Å². The van der Waals surface area contributed by atoms with E-state index in [1.54, 1.807) is 49.9 Å². The molecule has 0 saturated carbocycles. The Bertz CT molecular complexity index is 525. The number of nitrogens with zero attached hydrogens (tertiary/aromatic N) is 4. The van der Waals surface area contributed by atoms with Gasteiger partial charge in [0.15, 0.2) is 5.60 Å². The number of carbonyl (C=O) groups excluding carboxylic acids is 2. The fourth-order valence-electron chi connectivity index (χ4n) is 2.34. The zero-order chi connectivity index (χ0) is 14.9. The molecule has 0 bridgehead atoms. The van der Waals surface area contributed by atoms with Crippen LogP contribution >= 0.6 is 0 Å². The van der Waals surface area contributed by atoms with E-state index in [9.17, 15) is 9.59 Å². The molecule has 1 saturated heterocycles. The van der Waals surface area contributed by atoms with E-state index in [1.807, 2.05) is 0 Å². The van der Waals surface area contributed by atoms with Gasteiger partial charge in [-0.25, -0.2) is 0 Å². The Morgan fingerprint density at radius 1 is 1.45 bits per heavy atom. The molecule has 1 aromatic rings. The Morgan fingerprint density at radius 2 is 2.15 bits per heavy atom. The van der Waals surface area contributed by atoms with Crippen molar-refractivity contribution in [1.82, 2.24) is 19.6 Å². The maximum Gasteiger partial charge on any atom is 0.274 e. The van der Waals surface area contributed by atoms with E-state index in [0.29, 0.717) is 18.8 Å². The molecule has 0 radical (unpaired) electrons. The molecular weight excluding hydrogens is 260 g/mol. The van der Waals surface area contributed by atoms with Crippen LogP contribution in [0.5, 0.6) is 0 Å². The molecule has 110 valence electrons. The molecule has 0 spiro atoms. The molecule has 7 nitrogen and oxygen atoms in total. The Kier molecular flexibility index (Phi) is 3.80. The highest BCUT2D eigenvalue weighted by Crippen LogP contribution is 2.21. The number of aromatic nitrogens is 2. The first-order valence-electron chi connectivity index (χ1n) is 6.48. The van der Waals surface area contributed by atoms with Crippen molar-refractivity contribution in [2.45, 2.75) is 12.5 Å². The van der Waals surface area contributed by atoms with E-state index in [1.165, 1.54) is 4.90 Å². The Morgan fingerprint density at radius 3 is 2.70 bits per heavy atom. The molecule has 20 heavy (non-hydrogen) atoms. The normalized spacial score (nSPS) is 22.7. The summed E-state index contributed by atoms with van der Waals surface area (Å²) in [5, 5.41) is 4.10. The molecule has 0 unspecified atom stereocenters. The summed E-state index contributed by atoms with van der Waals surface area (Å²) in [6.45, 7) is 2.76. The van der Waals surface area contributed by atoms with Crippen LogP contribution in [0.15, 0.2) is 12.3 Å². The van der Waals surface area contributed by atoms with Gasteiger partial charge in [0.2, 0.25) is 0 Å². The van der Waals surface area contributed by atoms with Crippen molar-refractivity contribution < 1.29 is 14.3 Å². The van der Waals surface area contributed by atoms with Gasteiger partial charge in [-0.1, -0.05) is 0 Å². The van der Waals surface area contributed by atoms with Gasteiger partial charge in [-0.3, -0.25) is 14.3 Å². The van der Waals surface area contributed by atoms with Crippen LogP contribution in [0.3, 0.4) is 0 Å². The van der Waals surface area contributed by atoms with Gasteiger partial charge in [0, 0.05) is 33.9 Å². The van der Waals surface area contributed by atoms with Crippen LogP contribution in [0, 0.1) is 0 Å². The van der Waals surface area contributed by atoms with Gasteiger partial charge in [-0.2, -0.15) is 5.10 Å². The minimum atomic E-state index is -0.994. The average molecular weight is 280 g/mol. The van der Waals surface area contributed by atoms with Crippen molar-refractivity contribution in [1.29, 1.82) is 0 Å². The fourth-order valence-corrected chi connectivity index (χ4v) is 2.34. The molecule has 2 amide bonds. The van der Waals surface area contributed by atoms with Gasteiger partial charge in [0.25, 0.3) is 11.8 Å². The zero-order valence-corrected chi connectivity index (χ0v) is 12.3. The SMILES string of the molecule is CN(C)C(=O)[C@]1(C)CN(C(=O)c2ccn(C)n2)CCO1. The maximum absolute atomic E-state index is 12.4. The third-order valence-electron chi connectivity index (χ3n) is 3.35. The minimum Gasteiger partial charge on any atom is -0.362 e. The minimum absolute atomic E-state index is 0.143. The van der Waals surface area contributed by atoms with Gasteiger partial charge >= 0.3 is 0 Å². The molecule has 0 aliphatic carbocycles. The van der Waals surface area contributed by atoms with Crippen molar-refractivity contribution in [2.75, 3.05) is 33.8 Å². The maximum atomic E-state index is 12.4. The lowest BCUT2D eigenvalue weighted by Gasteiger charge is -2.40. The van der Waals surface area contributed by atoms with Crippen LogP contribution in [-0.4, -0.2) is 70.8 Å². The van der Waals surface area contributed by atoms with Crippen LogP contribution < -0.4 is 0 Å².